The Bertz CT molecular complexity index is 1290. The molecule has 2 amide bonds. The van der Waals surface area contributed by atoms with Crippen LogP contribution in [-0.2, 0) is 19.9 Å². The Kier molecular flexibility index (Phi) is 4.44. The van der Waals surface area contributed by atoms with E-state index in [4.69, 9.17) is 9.47 Å². The number of imide groups is 1. The van der Waals surface area contributed by atoms with Crippen LogP contribution in [0.1, 0.15) is 27.0 Å². The predicted octanol–water partition coefficient (Wildman–Crippen LogP) is 4.03. The average Bonchev–Trinajstić information content (AvgIpc) is 3.17. The molecule has 2 aliphatic heterocycles. The van der Waals surface area contributed by atoms with Gasteiger partial charge in [-0.25, -0.2) is 9.69 Å². The molecule has 0 saturated carbocycles. The highest BCUT2D eigenvalue weighted by Gasteiger charge is 2.59. The third-order valence-electron chi connectivity index (χ3n) is 5.83. The Hall–Kier alpha value is -4.19. The molecule has 0 aromatic heterocycles. The van der Waals surface area contributed by atoms with Gasteiger partial charge in [0.1, 0.15) is 5.75 Å². The molecule has 1 spiro atoms. The van der Waals surface area contributed by atoms with Crippen molar-refractivity contribution in [2.24, 2.45) is 0 Å². The van der Waals surface area contributed by atoms with Gasteiger partial charge in [-0.05, 0) is 42.8 Å². The largest absolute Gasteiger partial charge is 0.497 e. The van der Waals surface area contributed by atoms with E-state index < -0.39 is 23.4 Å². The molecule has 158 valence electrons. The van der Waals surface area contributed by atoms with Crippen LogP contribution in [0.4, 0.5) is 5.69 Å². The van der Waals surface area contributed by atoms with Gasteiger partial charge in [-0.1, -0.05) is 48.0 Å². The van der Waals surface area contributed by atoms with Gasteiger partial charge in [-0.15, -0.1) is 0 Å². The molecule has 2 aliphatic rings. The lowest BCUT2D eigenvalue weighted by Gasteiger charge is -2.39. The van der Waals surface area contributed by atoms with Crippen molar-refractivity contribution >= 4 is 29.0 Å². The zero-order chi connectivity index (χ0) is 22.5. The fraction of sp³-hybridized carbons (Fsp3) is 0.115. The highest BCUT2D eigenvalue weighted by atomic mass is 16.6. The lowest BCUT2D eigenvalue weighted by atomic mass is 9.77. The van der Waals surface area contributed by atoms with E-state index >= 15 is 0 Å². The first-order chi connectivity index (χ1) is 15.5. The number of anilines is 1. The summed E-state index contributed by atoms with van der Waals surface area (Å²) in [7, 11) is 1.56. The summed E-state index contributed by atoms with van der Waals surface area (Å²) in [4.78, 5) is 41.1. The second-order valence-corrected chi connectivity index (χ2v) is 7.72. The van der Waals surface area contributed by atoms with E-state index in [-0.39, 0.29) is 0 Å². The Balaban J connectivity index is 1.75. The predicted molar refractivity (Wildman–Crippen MR) is 118 cm³/mol. The number of hydrogen-bond acceptors (Lipinski definition) is 5. The molecule has 32 heavy (non-hydrogen) atoms. The van der Waals surface area contributed by atoms with Crippen LogP contribution >= 0.6 is 0 Å². The molecule has 3 aromatic carbocycles. The number of hydrogen-bond donors (Lipinski definition) is 0. The van der Waals surface area contributed by atoms with Crippen molar-refractivity contribution in [2.75, 3.05) is 12.0 Å². The molecule has 0 fully saturated rings. The second-order valence-electron chi connectivity index (χ2n) is 7.72. The fourth-order valence-corrected chi connectivity index (χ4v) is 4.26. The van der Waals surface area contributed by atoms with Gasteiger partial charge < -0.3 is 9.47 Å². The molecule has 0 bridgehead atoms. The maximum atomic E-state index is 14.0. The summed E-state index contributed by atoms with van der Waals surface area (Å²) in [5, 5.41) is 0. The number of aryl methyl sites for hydroxylation is 1. The normalized spacial score (nSPS) is 19.6. The lowest BCUT2D eigenvalue weighted by Crippen LogP contribution is -2.55. The van der Waals surface area contributed by atoms with Crippen LogP contribution in [0.5, 0.6) is 5.75 Å². The van der Waals surface area contributed by atoms with Gasteiger partial charge >= 0.3 is 5.97 Å². The van der Waals surface area contributed by atoms with E-state index in [0.717, 1.165) is 10.5 Å². The van der Waals surface area contributed by atoms with E-state index in [9.17, 15) is 14.4 Å². The van der Waals surface area contributed by atoms with Crippen molar-refractivity contribution in [2.45, 2.75) is 12.5 Å². The zero-order valence-corrected chi connectivity index (χ0v) is 17.5. The Morgan fingerprint density at radius 2 is 1.56 bits per heavy atom. The van der Waals surface area contributed by atoms with Crippen LogP contribution in [0.2, 0.25) is 0 Å². The smallest absolute Gasteiger partial charge is 0.332 e. The summed E-state index contributed by atoms with van der Waals surface area (Å²) in [6.45, 7) is 1.92. The van der Waals surface area contributed by atoms with Gasteiger partial charge in [0.2, 0.25) is 5.60 Å². The minimum atomic E-state index is -1.76. The second kappa shape index (κ2) is 7.20. The van der Waals surface area contributed by atoms with Crippen molar-refractivity contribution < 1.29 is 23.9 Å². The van der Waals surface area contributed by atoms with Crippen molar-refractivity contribution in [3.8, 4) is 5.75 Å². The minimum Gasteiger partial charge on any atom is -0.497 e. The number of methoxy groups -OCH3 is 1. The summed E-state index contributed by atoms with van der Waals surface area (Å²) in [6.07, 6.45) is 1.32. The SMILES string of the molecule is COc1ccc(C2=CC(=O)OC23C(=O)N(c2ccc(C)cc2)C(=O)c2ccccc23)cc1. The number of esters is 1. The van der Waals surface area contributed by atoms with Crippen molar-refractivity contribution in [3.05, 3.63) is 101 Å². The van der Waals surface area contributed by atoms with Crippen molar-refractivity contribution in [1.29, 1.82) is 0 Å². The molecule has 5 rings (SSSR count). The number of rotatable bonds is 3. The first kappa shape index (κ1) is 19.8. The van der Waals surface area contributed by atoms with E-state index in [0.29, 0.717) is 33.7 Å². The van der Waals surface area contributed by atoms with Gasteiger partial charge in [0, 0.05) is 22.8 Å². The van der Waals surface area contributed by atoms with Crippen molar-refractivity contribution in [1.82, 2.24) is 0 Å². The van der Waals surface area contributed by atoms with Gasteiger partial charge in [0.15, 0.2) is 0 Å². The summed E-state index contributed by atoms with van der Waals surface area (Å²) in [5.41, 5.74) is 1.31. The molecule has 1 atom stereocenters. The number of ether oxygens (including phenoxy) is 2. The Labute approximate surface area is 184 Å². The van der Waals surface area contributed by atoms with Gasteiger partial charge in [-0.2, -0.15) is 0 Å². The number of carbonyl (C=O) groups excluding carboxylic acids is 3. The van der Waals surface area contributed by atoms with Crippen LogP contribution in [-0.4, -0.2) is 24.9 Å². The molecule has 6 heteroatoms. The molecule has 0 aliphatic carbocycles. The van der Waals surface area contributed by atoms with Crippen LogP contribution in [0, 0.1) is 6.92 Å². The molecule has 0 N–H and O–H groups in total. The van der Waals surface area contributed by atoms with Crippen LogP contribution in [0.15, 0.2) is 78.9 Å². The van der Waals surface area contributed by atoms with E-state index in [2.05, 4.69) is 0 Å². The third kappa shape index (κ3) is 2.76. The summed E-state index contributed by atoms with van der Waals surface area (Å²) in [6, 6.07) is 20.8. The maximum Gasteiger partial charge on any atom is 0.332 e. The number of benzene rings is 3. The number of nitrogens with zero attached hydrogens (tertiary/aromatic N) is 1. The van der Waals surface area contributed by atoms with E-state index in [1.807, 2.05) is 19.1 Å². The van der Waals surface area contributed by atoms with Gasteiger partial charge in [0.25, 0.3) is 11.8 Å². The van der Waals surface area contributed by atoms with E-state index in [1.54, 1.807) is 67.8 Å². The maximum absolute atomic E-state index is 14.0. The quantitative estimate of drug-likeness (QED) is 0.468. The van der Waals surface area contributed by atoms with Crippen LogP contribution < -0.4 is 9.64 Å². The molecular weight excluding hydrogens is 406 g/mol. The Morgan fingerprint density at radius 3 is 2.25 bits per heavy atom. The molecule has 0 saturated heterocycles. The molecule has 0 radical (unpaired) electrons. The van der Waals surface area contributed by atoms with Crippen molar-refractivity contribution in [3.63, 3.8) is 0 Å². The van der Waals surface area contributed by atoms with Crippen LogP contribution in [0.25, 0.3) is 5.57 Å². The summed E-state index contributed by atoms with van der Waals surface area (Å²) < 4.78 is 11.0. The fourth-order valence-electron chi connectivity index (χ4n) is 4.26. The lowest BCUT2D eigenvalue weighted by molar-refractivity contribution is -0.155. The number of carbonyl (C=O) groups is 3. The molecule has 3 aromatic rings. The molecule has 6 nitrogen and oxygen atoms in total. The average molecular weight is 425 g/mol. The molecule has 2 heterocycles. The summed E-state index contributed by atoms with van der Waals surface area (Å²) in [5.74, 6) is -1.09. The summed E-state index contributed by atoms with van der Waals surface area (Å²) >= 11 is 0. The first-order valence-electron chi connectivity index (χ1n) is 10.1. The monoisotopic (exact) mass is 425 g/mol. The topological polar surface area (TPSA) is 72.9 Å². The number of fused-ring (bicyclic) bond motifs is 2. The zero-order valence-electron chi connectivity index (χ0n) is 17.5. The Morgan fingerprint density at radius 1 is 0.875 bits per heavy atom. The third-order valence-corrected chi connectivity index (χ3v) is 5.83. The highest BCUT2D eigenvalue weighted by molar-refractivity contribution is 6.31. The number of amides is 2. The van der Waals surface area contributed by atoms with Gasteiger partial charge in [0.05, 0.1) is 12.8 Å². The van der Waals surface area contributed by atoms with E-state index in [1.165, 1.54) is 6.08 Å². The van der Waals surface area contributed by atoms with Gasteiger partial charge in [-0.3, -0.25) is 9.59 Å². The standard InChI is InChI=1S/C26H19NO5/c1-16-7-11-18(12-8-16)27-24(29)20-5-3-4-6-21(20)26(25(27)30)22(15-23(28)32-26)17-9-13-19(31-2)14-10-17/h3-15H,1-2H3. The molecular formula is C26H19NO5. The first-order valence-corrected chi connectivity index (χ1v) is 10.1. The van der Waals surface area contributed by atoms with Crippen LogP contribution in [0.3, 0.4) is 0 Å². The molecule has 1 unspecified atom stereocenters. The minimum absolute atomic E-state index is 0.307. The highest BCUT2D eigenvalue weighted by Crippen LogP contribution is 2.49.